The second-order valence-electron chi connectivity index (χ2n) is 10.4. The van der Waals surface area contributed by atoms with Crippen molar-refractivity contribution in [1.29, 1.82) is 5.41 Å². The van der Waals surface area contributed by atoms with Gasteiger partial charge >= 0.3 is 18.4 Å². The Morgan fingerprint density at radius 3 is 2.15 bits per heavy atom. The van der Waals surface area contributed by atoms with E-state index in [-0.39, 0.29) is 24.5 Å². The molecule has 0 spiro atoms. The molecule has 2 aliphatic rings. The first kappa shape index (κ1) is 29.7. The number of halogens is 6. The number of likely N-dealkylation sites (N-methyl/N-ethyl adjacent to an activating group) is 1. The van der Waals surface area contributed by atoms with E-state index in [4.69, 9.17) is 5.41 Å². The number of benzene rings is 2. The summed E-state index contributed by atoms with van der Waals surface area (Å²) in [4.78, 5) is 15.8. The number of carbonyl (C=O) groups is 1. The van der Waals surface area contributed by atoms with Crippen LogP contribution in [0.5, 0.6) is 0 Å². The summed E-state index contributed by atoms with van der Waals surface area (Å²) in [6, 6.07) is 10.2. The van der Waals surface area contributed by atoms with Crippen LogP contribution in [0.2, 0.25) is 0 Å². The lowest BCUT2D eigenvalue weighted by atomic mass is 9.91. The van der Waals surface area contributed by atoms with Gasteiger partial charge < -0.3 is 20.6 Å². The van der Waals surface area contributed by atoms with Gasteiger partial charge in [-0.3, -0.25) is 10.3 Å². The molecule has 0 aromatic heterocycles. The monoisotopic (exact) mass is 571 g/mol. The zero-order valence-electron chi connectivity index (χ0n) is 21.7. The van der Waals surface area contributed by atoms with E-state index >= 15 is 0 Å². The highest BCUT2D eigenvalue weighted by Gasteiger charge is 2.71. The molecule has 4 rings (SSSR count). The second-order valence-corrected chi connectivity index (χ2v) is 10.4. The van der Waals surface area contributed by atoms with Crippen molar-refractivity contribution in [3.63, 3.8) is 0 Å². The largest absolute Gasteiger partial charge is 0.430 e. The zero-order chi connectivity index (χ0) is 29.3. The van der Waals surface area contributed by atoms with E-state index in [0.29, 0.717) is 60.9 Å². The Kier molecular flexibility index (Phi) is 8.36. The molecule has 4 N–H and O–H groups in total. The van der Waals surface area contributed by atoms with Crippen LogP contribution in [0, 0.1) is 11.3 Å². The van der Waals surface area contributed by atoms with Gasteiger partial charge in [-0.2, -0.15) is 26.3 Å². The molecule has 7 nitrogen and oxygen atoms in total. The van der Waals surface area contributed by atoms with Crippen molar-refractivity contribution in [1.82, 2.24) is 15.1 Å². The Balaban J connectivity index is 1.31. The second kappa shape index (κ2) is 11.3. The lowest BCUT2D eigenvalue weighted by Gasteiger charge is -2.32. The molecule has 2 amide bonds. The smallest absolute Gasteiger partial charge is 0.369 e. The normalized spacial score (nSPS) is 18.4. The summed E-state index contributed by atoms with van der Waals surface area (Å²) in [5.41, 5.74) is -4.48. The lowest BCUT2D eigenvalue weighted by molar-refractivity contribution is -0.376. The minimum absolute atomic E-state index is 0.0293. The molecular formula is C27H31F6N5O2. The molecule has 0 radical (unpaired) electrons. The van der Waals surface area contributed by atoms with Crippen molar-refractivity contribution in [2.45, 2.75) is 49.8 Å². The highest BCUT2D eigenvalue weighted by Crippen LogP contribution is 2.50. The number of anilines is 1. The lowest BCUT2D eigenvalue weighted by Crippen LogP contribution is -2.53. The van der Waals surface area contributed by atoms with Crippen molar-refractivity contribution in [2.75, 3.05) is 32.0 Å². The van der Waals surface area contributed by atoms with Gasteiger partial charge in [-0.25, -0.2) is 4.79 Å². The number of alkyl halides is 6. The van der Waals surface area contributed by atoms with Gasteiger partial charge in [0, 0.05) is 56.1 Å². The Bertz CT molecular complexity index is 1180. The number of nitrogens with one attached hydrogen (secondary N) is 3. The van der Waals surface area contributed by atoms with Crippen LogP contribution in [0.4, 0.5) is 36.8 Å². The van der Waals surface area contributed by atoms with E-state index in [2.05, 4.69) is 10.6 Å². The number of nitrogens with zero attached hydrogens (tertiary/aromatic N) is 2. The van der Waals surface area contributed by atoms with Crippen LogP contribution < -0.4 is 10.6 Å². The third-order valence-electron chi connectivity index (χ3n) is 7.41. The first-order chi connectivity index (χ1) is 18.7. The minimum Gasteiger partial charge on any atom is -0.369 e. The molecular weight excluding hydrogens is 540 g/mol. The molecule has 1 saturated heterocycles. The van der Waals surface area contributed by atoms with Crippen LogP contribution in [0.15, 0.2) is 48.5 Å². The number of amidine groups is 1. The molecule has 1 atom stereocenters. The fourth-order valence-corrected chi connectivity index (χ4v) is 4.70. The van der Waals surface area contributed by atoms with E-state index in [1.807, 2.05) is 9.80 Å². The topological polar surface area (TPSA) is 91.7 Å². The maximum absolute atomic E-state index is 13.1. The van der Waals surface area contributed by atoms with Gasteiger partial charge in [0.25, 0.3) is 5.60 Å². The van der Waals surface area contributed by atoms with Gasteiger partial charge in [-0.1, -0.05) is 24.3 Å². The summed E-state index contributed by atoms with van der Waals surface area (Å²) in [5.74, 6) is 0.846. The summed E-state index contributed by atoms with van der Waals surface area (Å²) in [5, 5.41) is 23.7. The molecule has 40 heavy (non-hydrogen) atoms. The van der Waals surface area contributed by atoms with Crippen LogP contribution in [0.25, 0.3) is 0 Å². The van der Waals surface area contributed by atoms with Crippen LogP contribution in [0.3, 0.4) is 0 Å². The quantitative estimate of drug-likeness (QED) is 0.203. The predicted molar refractivity (Wildman–Crippen MR) is 137 cm³/mol. The van der Waals surface area contributed by atoms with E-state index in [1.54, 1.807) is 31.3 Å². The Morgan fingerprint density at radius 2 is 1.60 bits per heavy atom. The third kappa shape index (κ3) is 6.52. The summed E-state index contributed by atoms with van der Waals surface area (Å²) >= 11 is 0. The molecule has 0 bridgehead atoms. The van der Waals surface area contributed by atoms with Crippen LogP contribution in [-0.2, 0) is 12.1 Å². The highest BCUT2D eigenvalue weighted by molar-refractivity contribution is 5.97. The average Bonchev–Trinajstić information content (AvgIpc) is 3.62. The Hall–Kier alpha value is -3.32. The van der Waals surface area contributed by atoms with E-state index in [0.717, 1.165) is 25.0 Å². The average molecular weight is 572 g/mol. The van der Waals surface area contributed by atoms with Crippen molar-refractivity contribution >= 4 is 17.6 Å². The number of hydrogen-bond donors (Lipinski definition) is 4. The van der Waals surface area contributed by atoms with Gasteiger partial charge in [0.2, 0.25) is 0 Å². The summed E-state index contributed by atoms with van der Waals surface area (Å²) < 4.78 is 78.8. The SMILES string of the molecule is CN(C(=N)c1ccc(NC(=O)NCC2CC2)cc1)C1CCN(Cc2ccc(C(O)(C(F)(F)F)C(F)(F)F)cc2)C1. The summed E-state index contributed by atoms with van der Waals surface area (Å²) in [7, 11) is 1.79. The molecule has 218 valence electrons. The molecule has 2 aromatic carbocycles. The van der Waals surface area contributed by atoms with Crippen molar-refractivity contribution < 1.29 is 36.2 Å². The van der Waals surface area contributed by atoms with Gasteiger partial charge in [-0.05, 0) is 55.0 Å². The fraction of sp³-hybridized carbons (Fsp3) is 0.481. The number of rotatable bonds is 8. The van der Waals surface area contributed by atoms with E-state index in [1.165, 1.54) is 0 Å². The fourth-order valence-electron chi connectivity index (χ4n) is 4.70. The van der Waals surface area contributed by atoms with Crippen molar-refractivity contribution in [3.05, 3.63) is 65.2 Å². The summed E-state index contributed by atoms with van der Waals surface area (Å²) in [6.07, 6.45) is -8.87. The number of hydrogen-bond acceptors (Lipinski definition) is 4. The van der Waals surface area contributed by atoms with Crippen molar-refractivity contribution in [3.8, 4) is 0 Å². The van der Waals surface area contributed by atoms with E-state index in [9.17, 15) is 36.2 Å². The molecule has 13 heteroatoms. The third-order valence-corrected chi connectivity index (χ3v) is 7.41. The number of aliphatic hydroxyl groups is 1. The van der Waals surface area contributed by atoms with Gasteiger partial charge in [-0.15, -0.1) is 0 Å². The first-order valence-corrected chi connectivity index (χ1v) is 12.8. The van der Waals surface area contributed by atoms with Crippen molar-refractivity contribution in [2.24, 2.45) is 5.92 Å². The Morgan fingerprint density at radius 1 is 1.00 bits per heavy atom. The van der Waals surface area contributed by atoms with Crippen LogP contribution >= 0.6 is 0 Å². The van der Waals surface area contributed by atoms with Crippen LogP contribution in [0.1, 0.15) is 36.0 Å². The maximum Gasteiger partial charge on any atom is 0.430 e. The van der Waals surface area contributed by atoms with Gasteiger partial charge in [0.1, 0.15) is 5.84 Å². The number of urea groups is 1. The highest BCUT2D eigenvalue weighted by atomic mass is 19.4. The Labute approximate surface area is 227 Å². The standard InChI is InChI=1S/C27H31F6N5O2/c1-37(23(34)19-6-10-21(11-7-19)36-24(39)35-14-17-2-3-17)22-12-13-38(16-22)15-18-4-8-20(9-5-18)25(40,26(28,29)30)27(31,32)33/h4-11,17,22,34,40H,2-3,12-16H2,1H3,(H2,35,36,39). The van der Waals surface area contributed by atoms with E-state index < -0.39 is 23.5 Å². The molecule has 1 unspecified atom stereocenters. The minimum atomic E-state index is -5.93. The van der Waals surface area contributed by atoms with Gasteiger partial charge in [0.15, 0.2) is 0 Å². The maximum atomic E-state index is 13.1. The molecule has 2 fully saturated rings. The number of carbonyl (C=O) groups excluding carboxylic acids is 1. The van der Waals surface area contributed by atoms with Gasteiger partial charge in [0.05, 0.1) is 0 Å². The summed E-state index contributed by atoms with van der Waals surface area (Å²) in [6.45, 7) is 2.11. The molecule has 1 saturated carbocycles. The number of amides is 2. The van der Waals surface area contributed by atoms with Crippen LogP contribution in [-0.4, -0.2) is 71.8 Å². The number of likely N-dealkylation sites (tertiary alicyclic amines) is 1. The predicted octanol–water partition coefficient (Wildman–Crippen LogP) is 5.06. The molecule has 1 aliphatic heterocycles. The molecule has 1 heterocycles. The molecule has 2 aromatic rings. The first-order valence-electron chi connectivity index (χ1n) is 12.8. The zero-order valence-corrected chi connectivity index (χ0v) is 21.7. The molecule has 1 aliphatic carbocycles.